The molecular weight excluding hydrogens is 386 g/mol. The summed E-state index contributed by atoms with van der Waals surface area (Å²) in [5.41, 5.74) is 7.35. The summed E-state index contributed by atoms with van der Waals surface area (Å²) in [4.78, 5) is 27.5. The lowest BCUT2D eigenvalue weighted by Crippen LogP contribution is -2.45. The van der Waals surface area contributed by atoms with E-state index in [0.717, 1.165) is 18.4 Å². The molecule has 1 heterocycles. The molecule has 1 fully saturated rings. The monoisotopic (exact) mass is 417 g/mol. The van der Waals surface area contributed by atoms with E-state index in [0.29, 0.717) is 13.1 Å². The first-order valence-electron chi connectivity index (χ1n) is 10.6. The van der Waals surface area contributed by atoms with E-state index >= 15 is 0 Å². The lowest BCUT2D eigenvalue weighted by Gasteiger charge is -2.31. The van der Waals surface area contributed by atoms with E-state index in [1.807, 2.05) is 17.0 Å². The first kappa shape index (κ1) is 22.3. The highest BCUT2D eigenvalue weighted by molar-refractivity contribution is 5.88. The van der Waals surface area contributed by atoms with Gasteiger partial charge in [-0.05, 0) is 47.6 Å². The van der Waals surface area contributed by atoms with Crippen LogP contribution in [0.5, 0.6) is 0 Å². The smallest absolute Gasteiger partial charge is 0.317 e. The van der Waals surface area contributed by atoms with Crippen molar-refractivity contribution < 1.29 is 9.59 Å². The minimum Gasteiger partial charge on any atom is -0.341 e. The molecule has 3 amide bonds. The summed E-state index contributed by atoms with van der Waals surface area (Å²) >= 11 is 0. The van der Waals surface area contributed by atoms with Gasteiger partial charge >= 0.3 is 6.03 Å². The van der Waals surface area contributed by atoms with Crippen LogP contribution in [0, 0.1) is 6.92 Å². The molecule has 0 aliphatic carbocycles. The average Bonchev–Trinajstić information content (AvgIpc) is 2.79. The van der Waals surface area contributed by atoms with Crippen LogP contribution in [0.15, 0.2) is 60.7 Å². The van der Waals surface area contributed by atoms with E-state index in [-0.39, 0.29) is 18.5 Å². The number of carbonyl (C=O) groups is 2. The van der Waals surface area contributed by atoms with Gasteiger partial charge < -0.3 is 15.1 Å². The average molecular weight is 418 g/mol. The van der Waals surface area contributed by atoms with Gasteiger partial charge in [0.25, 0.3) is 0 Å². The summed E-state index contributed by atoms with van der Waals surface area (Å²) in [6.45, 7) is 7.47. The number of likely N-dealkylation sites (tertiary alicyclic amines) is 1. The topological polar surface area (TPSA) is 52.7 Å². The zero-order chi connectivity index (χ0) is 22.4. The van der Waals surface area contributed by atoms with Gasteiger partial charge in [-0.2, -0.15) is 0 Å². The van der Waals surface area contributed by atoms with Gasteiger partial charge in [-0.3, -0.25) is 4.79 Å². The fourth-order valence-electron chi connectivity index (χ4n) is 3.98. The van der Waals surface area contributed by atoms with E-state index in [1.54, 1.807) is 14.1 Å². The Morgan fingerprint density at radius 1 is 1.03 bits per heavy atom. The Morgan fingerprint density at radius 2 is 1.65 bits per heavy atom. The number of urea groups is 1. The van der Waals surface area contributed by atoms with E-state index < -0.39 is 0 Å². The van der Waals surface area contributed by atoms with E-state index in [1.165, 1.54) is 32.7 Å². The molecule has 0 spiro atoms. The summed E-state index contributed by atoms with van der Waals surface area (Å²) in [6, 6.07) is 16.5. The molecule has 1 aliphatic rings. The lowest BCUT2D eigenvalue weighted by atomic mass is 9.84. The fraction of sp³-hybridized carbons (Fsp3) is 0.308. The maximum atomic E-state index is 12.6. The quantitative estimate of drug-likeness (QED) is 0.787. The van der Waals surface area contributed by atoms with Gasteiger partial charge in [0.15, 0.2) is 0 Å². The minimum absolute atomic E-state index is 0.0278. The van der Waals surface area contributed by atoms with Crippen molar-refractivity contribution in [3.05, 3.63) is 82.9 Å². The second kappa shape index (κ2) is 10.1. The number of carbonyl (C=O) groups excluding carboxylic acids is 2. The number of amides is 3. The number of nitrogens with zero attached hydrogens (tertiary/aromatic N) is 2. The highest BCUT2D eigenvalue weighted by atomic mass is 16.2. The zero-order valence-corrected chi connectivity index (χ0v) is 18.6. The molecule has 3 rings (SSSR count). The van der Waals surface area contributed by atoms with Crippen LogP contribution in [-0.2, 0) is 4.79 Å². The zero-order valence-electron chi connectivity index (χ0n) is 18.6. The molecule has 5 heteroatoms. The van der Waals surface area contributed by atoms with Gasteiger partial charge in [-0.25, -0.2) is 4.79 Å². The molecule has 0 aromatic heterocycles. The Labute approximate surface area is 185 Å². The Balaban J connectivity index is 1.87. The second-order valence-corrected chi connectivity index (χ2v) is 8.02. The normalized spacial score (nSPS) is 13.5. The molecule has 0 unspecified atom stereocenters. The van der Waals surface area contributed by atoms with E-state index in [9.17, 15) is 9.59 Å². The molecule has 1 aliphatic heterocycles. The molecule has 1 N–H and O–H groups in total. The maximum absolute atomic E-state index is 12.6. The van der Waals surface area contributed by atoms with Crippen LogP contribution in [0.1, 0.15) is 35.1 Å². The van der Waals surface area contributed by atoms with Crippen molar-refractivity contribution in [2.45, 2.75) is 19.8 Å². The molecule has 162 valence electrons. The molecule has 1 saturated heterocycles. The van der Waals surface area contributed by atoms with Crippen LogP contribution in [0.4, 0.5) is 4.79 Å². The summed E-state index contributed by atoms with van der Waals surface area (Å²) in [6.07, 6.45) is 3.52. The van der Waals surface area contributed by atoms with Gasteiger partial charge in [0.2, 0.25) is 5.91 Å². The largest absolute Gasteiger partial charge is 0.341 e. The number of hydrogen-bond donors (Lipinski definition) is 1. The Bertz CT molecular complexity index is 997. The van der Waals surface area contributed by atoms with Gasteiger partial charge in [-0.15, -0.1) is 0 Å². The molecule has 2 aromatic rings. The Morgan fingerprint density at radius 3 is 2.26 bits per heavy atom. The van der Waals surface area contributed by atoms with Gasteiger partial charge in [-0.1, -0.05) is 66.8 Å². The van der Waals surface area contributed by atoms with Crippen LogP contribution in [0.2, 0.25) is 0 Å². The van der Waals surface area contributed by atoms with Crippen molar-refractivity contribution in [1.29, 1.82) is 0 Å². The van der Waals surface area contributed by atoms with Crippen molar-refractivity contribution in [2.75, 3.05) is 33.7 Å². The third kappa shape index (κ3) is 5.23. The summed E-state index contributed by atoms with van der Waals surface area (Å²) < 4.78 is 0. The highest BCUT2D eigenvalue weighted by Gasteiger charge is 2.23. The number of hydrogen-bond acceptors (Lipinski definition) is 2. The van der Waals surface area contributed by atoms with Crippen LogP contribution in [0.3, 0.4) is 0 Å². The second-order valence-electron chi connectivity index (χ2n) is 8.02. The van der Waals surface area contributed by atoms with Crippen molar-refractivity contribution in [2.24, 2.45) is 0 Å². The van der Waals surface area contributed by atoms with Crippen molar-refractivity contribution >= 4 is 23.6 Å². The fourth-order valence-corrected chi connectivity index (χ4v) is 3.98. The van der Waals surface area contributed by atoms with Crippen LogP contribution in [-0.4, -0.2) is 55.5 Å². The number of rotatable bonds is 5. The van der Waals surface area contributed by atoms with E-state index in [4.69, 9.17) is 0 Å². The summed E-state index contributed by atoms with van der Waals surface area (Å²) in [7, 11) is 3.32. The first-order chi connectivity index (χ1) is 14.9. The standard InChI is InChI=1S/C26H31N3O2/c1-5-20-11-7-9-13-23(20)25(22-12-8-6-10-19(22)2)21-14-16-29(17-15-21)24(30)18-27-26(31)28(3)4/h5-13H,1,14-18H2,2-4H3,(H,27,31). The van der Waals surface area contributed by atoms with Crippen molar-refractivity contribution in [1.82, 2.24) is 15.1 Å². The van der Waals surface area contributed by atoms with Crippen LogP contribution < -0.4 is 5.32 Å². The van der Waals surface area contributed by atoms with Crippen molar-refractivity contribution in [3.8, 4) is 0 Å². The van der Waals surface area contributed by atoms with Gasteiger partial charge in [0.1, 0.15) is 0 Å². The van der Waals surface area contributed by atoms with Crippen LogP contribution >= 0.6 is 0 Å². The molecule has 0 bridgehead atoms. The van der Waals surface area contributed by atoms with Gasteiger partial charge in [0, 0.05) is 27.2 Å². The van der Waals surface area contributed by atoms with Gasteiger partial charge in [0.05, 0.1) is 6.54 Å². The summed E-state index contributed by atoms with van der Waals surface area (Å²) in [5.74, 6) is -0.0433. The molecule has 2 aromatic carbocycles. The molecular formula is C26H31N3O2. The Kier molecular flexibility index (Phi) is 7.29. The number of piperidine rings is 1. The minimum atomic E-state index is -0.256. The molecule has 31 heavy (non-hydrogen) atoms. The predicted molar refractivity (Wildman–Crippen MR) is 127 cm³/mol. The number of nitrogens with one attached hydrogen (secondary N) is 1. The molecule has 0 atom stereocenters. The van der Waals surface area contributed by atoms with Crippen LogP contribution in [0.25, 0.3) is 11.6 Å². The maximum Gasteiger partial charge on any atom is 0.317 e. The third-order valence-electron chi connectivity index (χ3n) is 5.73. The lowest BCUT2D eigenvalue weighted by molar-refractivity contribution is -0.130. The van der Waals surface area contributed by atoms with E-state index in [2.05, 4.69) is 61.3 Å². The summed E-state index contributed by atoms with van der Waals surface area (Å²) in [5, 5.41) is 2.66. The number of benzene rings is 2. The molecule has 0 saturated carbocycles. The first-order valence-corrected chi connectivity index (χ1v) is 10.6. The molecule has 5 nitrogen and oxygen atoms in total. The third-order valence-corrected chi connectivity index (χ3v) is 5.73. The van der Waals surface area contributed by atoms with Crippen molar-refractivity contribution in [3.63, 3.8) is 0 Å². The highest BCUT2D eigenvalue weighted by Crippen LogP contribution is 2.35. The Hall–Kier alpha value is -3.34. The number of aryl methyl sites for hydroxylation is 1. The SMILES string of the molecule is C=Cc1ccccc1C(=C1CCN(C(=O)CNC(=O)N(C)C)CC1)c1ccccc1C. The molecule has 0 radical (unpaired) electrons. The predicted octanol–water partition coefficient (Wildman–Crippen LogP) is 4.33.